The lowest BCUT2D eigenvalue weighted by Crippen LogP contribution is -2.25. The highest BCUT2D eigenvalue weighted by atomic mass is 32.2. The van der Waals surface area contributed by atoms with E-state index >= 15 is 0 Å². The van der Waals surface area contributed by atoms with Crippen LogP contribution in [0.5, 0.6) is 0 Å². The Hall–Kier alpha value is -1.66. The van der Waals surface area contributed by atoms with Gasteiger partial charge in [0.1, 0.15) is 0 Å². The molecular weight excluding hydrogens is 254 g/mol. The Morgan fingerprint density at radius 1 is 1.44 bits per heavy atom. The molecule has 1 aromatic carbocycles. The highest BCUT2D eigenvalue weighted by molar-refractivity contribution is 7.88. The van der Waals surface area contributed by atoms with Crippen molar-refractivity contribution < 1.29 is 18.3 Å². The van der Waals surface area contributed by atoms with Crippen molar-refractivity contribution in [2.24, 2.45) is 0 Å². The van der Waals surface area contributed by atoms with E-state index in [4.69, 9.17) is 5.11 Å². The highest BCUT2D eigenvalue weighted by Crippen LogP contribution is 2.08. The molecule has 0 fully saturated rings. The van der Waals surface area contributed by atoms with E-state index < -0.39 is 16.0 Å². The average molecular weight is 269 g/mol. The van der Waals surface area contributed by atoms with Gasteiger partial charge in [0.25, 0.3) is 0 Å². The molecule has 2 N–H and O–H groups in total. The van der Waals surface area contributed by atoms with Gasteiger partial charge in [-0.25, -0.2) is 17.9 Å². The number of carboxylic acid groups (broad SMARTS) is 1. The number of carboxylic acids is 1. The van der Waals surface area contributed by atoms with Gasteiger partial charge >= 0.3 is 5.97 Å². The molecule has 0 heterocycles. The van der Waals surface area contributed by atoms with Crippen molar-refractivity contribution in [2.45, 2.75) is 12.2 Å². The standard InChI is InChI=1S/C12H15NO4S/c1-2-3-7-13-18(16,17)9-10-5-4-6-11(8-10)12(14)15/h2,4-6,8,13H,1,3,7,9H2,(H,14,15). The van der Waals surface area contributed by atoms with E-state index in [1.165, 1.54) is 18.2 Å². The monoisotopic (exact) mass is 269 g/mol. The van der Waals surface area contributed by atoms with Crippen LogP contribution in [0.4, 0.5) is 0 Å². The predicted octanol–water partition coefficient (Wildman–Crippen LogP) is 1.38. The van der Waals surface area contributed by atoms with E-state index in [1.807, 2.05) is 0 Å². The first-order valence-corrected chi connectivity index (χ1v) is 7.00. The maximum Gasteiger partial charge on any atom is 0.335 e. The van der Waals surface area contributed by atoms with Crippen molar-refractivity contribution in [3.63, 3.8) is 0 Å². The summed E-state index contributed by atoms with van der Waals surface area (Å²) in [5.74, 6) is -1.31. The van der Waals surface area contributed by atoms with Crippen molar-refractivity contribution >= 4 is 16.0 Å². The van der Waals surface area contributed by atoms with E-state index in [0.717, 1.165) is 0 Å². The summed E-state index contributed by atoms with van der Waals surface area (Å²) in [5, 5.41) is 8.80. The molecule has 0 saturated carbocycles. The minimum absolute atomic E-state index is 0.0776. The van der Waals surface area contributed by atoms with E-state index in [1.54, 1.807) is 12.1 Å². The number of hydrogen-bond acceptors (Lipinski definition) is 3. The normalized spacial score (nSPS) is 11.1. The SMILES string of the molecule is C=CCCNS(=O)(=O)Cc1cccc(C(=O)O)c1. The summed E-state index contributed by atoms with van der Waals surface area (Å²) < 4.78 is 25.7. The fourth-order valence-electron chi connectivity index (χ4n) is 1.38. The van der Waals surface area contributed by atoms with Crippen LogP contribution < -0.4 is 4.72 Å². The summed E-state index contributed by atoms with van der Waals surface area (Å²) in [7, 11) is -3.44. The summed E-state index contributed by atoms with van der Waals surface area (Å²) in [5.41, 5.74) is 0.523. The van der Waals surface area contributed by atoms with Crippen LogP contribution in [0.3, 0.4) is 0 Å². The van der Waals surface area contributed by atoms with E-state index in [0.29, 0.717) is 18.5 Å². The van der Waals surface area contributed by atoms with Gasteiger partial charge in [0.2, 0.25) is 10.0 Å². The molecule has 0 aliphatic heterocycles. The average Bonchev–Trinajstić information content (AvgIpc) is 2.28. The van der Waals surface area contributed by atoms with Crippen LogP contribution in [0.1, 0.15) is 22.3 Å². The molecule has 18 heavy (non-hydrogen) atoms. The van der Waals surface area contributed by atoms with E-state index in [2.05, 4.69) is 11.3 Å². The molecule has 0 aliphatic rings. The molecular formula is C12H15NO4S. The first kappa shape index (κ1) is 14.4. The molecule has 98 valence electrons. The molecule has 0 atom stereocenters. The van der Waals surface area contributed by atoms with Gasteiger partial charge < -0.3 is 5.11 Å². The first-order chi connectivity index (χ1) is 8.44. The van der Waals surface area contributed by atoms with Gasteiger partial charge in [-0.2, -0.15) is 0 Å². The van der Waals surface area contributed by atoms with Gasteiger partial charge in [-0.3, -0.25) is 0 Å². The first-order valence-electron chi connectivity index (χ1n) is 5.35. The molecule has 0 radical (unpaired) electrons. The lowest BCUT2D eigenvalue weighted by Gasteiger charge is -2.06. The zero-order valence-corrected chi connectivity index (χ0v) is 10.6. The van der Waals surface area contributed by atoms with Crippen LogP contribution >= 0.6 is 0 Å². The highest BCUT2D eigenvalue weighted by Gasteiger charge is 2.12. The number of carbonyl (C=O) groups is 1. The third kappa shape index (κ3) is 4.68. The van der Waals surface area contributed by atoms with Crippen molar-refractivity contribution in [3.8, 4) is 0 Å². The van der Waals surface area contributed by atoms with Gasteiger partial charge in [0.05, 0.1) is 11.3 Å². The van der Waals surface area contributed by atoms with Crippen molar-refractivity contribution in [1.29, 1.82) is 0 Å². The maximum absolute atomic E-state index is 11.7. The van der Waals surface area contributed by atoms with Gasteiger partial charge in [-0.1, -0.05) is 18.2 Å². The number of aromatic carboxylic acids is 1. The molecule has 0 aliphatic carbocycles. The molecule has 0 spiro atoms. The molecule has 0 aromatic heterocycles. The fourth-order valence-corrected chi connectivity index (χ4v) is 2.53. The Kier molecular flexibility index (Phi) is 5.06. The lowest BCUT2D eigenvalue weighted by molar-refractivity contribution is 0.0696. The topological polar surface area (TPSA) is 83.5 Å². The van der Waals surface area contributed by atoms with E-state index in [9.17, 15) is 13.2 Å². The Morgan fingerprint density at radius 3 is 2.78 bits per heavy atom. The summed E-state index contributed by atoms with van der Waals surface area (Å²) >= 11 is 0. The maximum atomic E-state index is 11.7. The molecule has 0 bridgehead atoms. The molecule has 0 unspecified atom stereocenters. The predicted molar refractivity (Wildman–Crippen MR) is 68.8 cm³/mol. The second-order valence-corrected chi connectivity index (χ2v) is 5.54. The number of hydrogen-bond donors (Lipinski definition) is 2. The molecule has 1 aromatic rings. The van der Waals surface area contributed by atoms with Gasteiger partial charge in [0, 0.05) is 6.54 Å². The fraction of sp³-hybridized carbons (Fsp3) is 0.250. The Morgan fingerprint density at radius 2 is 2.17 bits per heavy atom. The second-order valence-electron chi connectivity index (χ2n) is 3.74. The van der Waals surface area contributed by atoms with Gasteiger partial charge in [0.15, 0.2) is 0 Å². The van der Waals surface area contributed by atoms with Crippen LogP contribution in [0.25, 0.3) is 0 Å². The lowest BCUT2D eigenvalue weighted by atomic mass is 10.1. The van der Waals surface area contributed by atoms with Crippen LogP contribution in [-0.4, -0.2) is 26.0 Å². The van der Waals surface area contributed by atoms with Gasteiger partial charge in [-0.05, 0) is 24.1 Å². The van der Waals surface area contributed by atoms with Crippen molar-refractivity contribution in [1.82, 2.24) is 4.72 Å². The van der Waals surface area contributed by atoms with E-state index in [-0.39, 0.29) is 11.3 Å². The quantitative estimate of drug-likeness (QED) is 0.578. The number of rotatable bonds is 7. The smallest absolute Gasteiger partial charge is 0.335 e. The number of nitrogens with one attached hydrogen (secondary N) is 1. The zero-order chi connectivity index (χ0) is 13.6. The van der Waals surface area contributed by atoms with Crippen molar-refractivity contribution in [2.75, 3.05) is 6.54 Å². The zero-order valence-electron chi connectivity index (χ0n) is 9.80. The molecule has 0 amide bonds. The third-order valence-electron chi connectivity index (χ3n) is 2.20. The summed E-state index contributed by atoms with van der Waals surface area (Å²) in [4.78, 5) is 10.8. The van der Waals surface area contributed by atoms with Gasteiger partial charge in [-0.15, -0.1) is 6.58 Å². The molecule has 0 saturated heterocycles. The molecule has 6 heteroatoms. The Bertz CT molecular complexity index is 537. The number of benzene rings is 1. The number of sulfonamides is 1. The summed E-state index contributed by atoms with van der Waals surface area (Å²) in [6, 6.07) is 5.88. The summed E-state index contributed by atoms with van der Waals surface area (Å²) in [6.07, 6.45) is 2.17. The largest absolute Gasteiger partial charge is 0.478 e. The van der Waals surface area contributed by atoms with Crippen molar-refractivity contribution in [3.05, 3.63) is 48.0 Å². The summed E-state index contributed by atoms with van der Waals surface area (Å²) in [6.45, 7) is 3.79. The molecule has 5 nitrogen and oxygen atoms in total. The van der Waals surface area contributed by atoms with Crippen LogP contribution in [-0.2, 0) is 15.8 Å². The van der Waals surface area contributed by atoms with Crippen LogP contribution in [0.15, 0.2) is 36.9 Å². The Balaban J connectivity index is 2.74. The van der Waals surface area contributed by atoms with Crippen LogP contribution in [0.2, 0.25) is 0 Å². The minimum Gasteiger partial charge on any atom is -0.478 e. The molecule has 1 rings (SSSR count). The third-order valence-corrected chi connectivity index (χ3v) is 3.56. The second kappa shape index (κ2) is 6.32. The van der Waals surface area contributed by atoms with Crippen LogP contribution in [0, 0.1) is 0 Å². The minimum atomic E-state index is -3.44. The Labute approximate surface area is 106 Å².